The lowest BCUT2D eigenvalue weighted by Gasteiger charge is -2.01. The molecule has 0 aliphatic rings. The number of aromatic nitrogens is 2. The number of rotatable bonds is 3. The van der Waals surface area contributed by atoms with E-state index in [4.69, 9.17) is 0 Å². The van der Waals surface area contributed by atoms with Crippen LogP contribution in [0.15, 0.2) is 33.8 Å². The Bertz CT molecular complexity index is 679. The molecule has 0 aliphatic heterocycles. The summed E-state index contributed by atoms with van der Waals surface area (Å²) < 4.78 is 2.13. The van der Waals surface area contributed by atoms with E-state index in [0.29, 0.717) is 15.7 Å². The van der Waals surface area contributed by atoms with Gasteiger partial charge >= 0.3 is 0 Å². The van der Waals surface area contributed by atoms with Gasteiger partial charge < -0.3 is 5.11 Å². The second-order valence-electron chi connectivity index (χ2n) is 4.17. The maximum Gasteiger partial charge on any atom is 0.290 e. The van der Waals surface area contributed by atoms with Crippen molar-refractivity contribution in [3.8, 4) is 5.75 Å². The number of nitrogens with one attached hydrogen (secondary N) is 1. The molecule has 6 nitrogen and oxygen atoms in total. The van der Waals surface area contributed by atoms with E-state index < -0.39 is 0 Å². The van der Waals surface area contributed by atoms with Crippen molar-refractivity contribution in [2.75, 3.05) is 0 Å². The quantitative estimate of drug-likeness (QED) is 0.664. The highest BCUT2D eigenvalue weighted by atomic mass is 79.9. The number of hydrogen-bond donors (Lipinski definition) is 2. The van der Waals surface area contributed by atoms with Crippen LogP contribution < -0.4 is 5.43 Å². The topological polar surface area (TPSA) is 79.5 Å². The number of amides is 1. The Morgan fingerprint density at radius 3 is 2.90 bits per heavy atom. The van der Waals surface area contributed by atoms with Crippen molar-refractivity contribution in [2.24, 2.45) is 12.1 Å². The summed E-state index contributed by atoms with van der Waals surface area (Å²) in [6.45, 7) is 1.80. The number of carbonyl (C=O) groups is 1. The van der Waals surface area contributed by atoms with Gasteiger partial charge in [0, 0.05) is 7.05 Å². The summed E-state index contributed by atoms with van der Waals surface area (Å²) >= 11 is 3.32. The summed E-state index contributed by atoms with van der Waals surface area (Å²) in [7, 11) is 1.69. The van der Waals surface area contributed by atoms with Crippen molar-refractivity contribution in [2.45, 2.75) is 6.92 Å². The van der Waals surface area contributed by atoms with E-state index in [1.807, 2.05) is 0 Å². The minimum Gasteiger partial charge on any atom is -0.508 e. The Hall–Kier alpha value is -2.15. The minimum atomic E-state index is -0.364. The molecule has 1 amide bonds. The third-order valence-electron chi connectivity index (χ3n) is 2.61. The van der Waals surface area contributed by atoms with Crippen LogP contribution in [0.2, 0.25) is 0 Å². The number of halogens is 1. The van der Waals surface area contributed by atoms with Crippen LogP contribution in [0.5, 0.6) is 5.75 Å². The molecule has 1 aromatic carbocycles. The highest BCUT2D eigenvalue weighted by molar-refractivity contribution is 9.10. The van der Waals surface area contributed by atoms with Gasteiger partial charge in [0.1, 0.15) is 11.4 Å². The Morgan fingerprint density at radius 2 is 2.30 bits per heavy atom. The van der Waals surface area contributed by atoms with E-state index in [9.17, 15) is 9.90 Å². The predicted molar refractivity (Wildman–Crippen MR) is 78.8 cm³/mol. The summed E-state index contributed by atoms with van der Waals surface area (Å²) in [5.74, 6) is -0.221. The molecular formula is C13H13BrN4O2. The van der Waals surface area contributed by atoms with Gasteiger partial charge in [-0.3, -0.25) is 9.48 Å². The molecule has 1 aromatic heterocycles. The fourth-order valence-electron chi connectivity index (χ4n) is 1.70. The summed E-state index contributed by atoms with van der Waals surface area (Å²) in [5.41, 5.74) is 4.24. The number of nitrogens with zero attached hydrogens (tertiary/aromatic N) is 3. The second kappa shape index (κ2) is 5.87. The summed E-state index contributed by atoms with van der Waals surface area (Å²) in [5, 5.41) is 17.3. The van der Waals surface area contributed by atoms with Gasteiger partial charge in [0.2, 0.25) is 0 Å². The van der Waals surface area contributed by atoms with Crippen LogP contribution in [-0.2, 0) is 7.05 Å². The van der Waals surface area contributed by atoms with Crippen LogP contribution in [0.4, 0.5) is 0 Å². The van der Waals surface area contributed by atoms with Crippen LogP contribution in [0.25, 0.3) is 0 Å². The van der Waals surface area contributed by atoms with Crippen molar-refractivity contribution < 1.29 is 9.90 Å². The number of aromatic hydroxyl groups is 1. The normalized spacial score (nSPS) is 10.9. The molecule has 7 heteroatoms. The van der Waals surface area contributed by atoms with Crippen LogP contribution in [0, 0.1) is 6.92 Å². The molecule has 0 fully saturated rings. The van der Waals surface area contributed by atoms with Gasteiger partial charge in [-0.05, 0) is 40.5 Å². The average molecular weight is 337 g/mol. The van der Waals surface area contributed by atoms with Crippen LogP contribution in [-0.4, -0.2) is 27.0 Å². The van der Waals surface area contributed by atoms with Crippen LogP contribution in [0.1, 0.15) is 21.7 Å². The van der Waals surface area contributed by atoms with Crippen molar-refractivity contribution >= 4 is 28.1 Å². The largest absolute Gasteiger partial charge is 0.508 e. The van der Waals surface area contributed by atoms with Gasteiger partial charge in [0.25, 0.3) is 5.91 Å². The number of carbonyl (C=O) groups excluding carboxylic acids is 1. The molecule has 104 valence electrons. The SMILES string of the molecule is Cc1nn(C)c(C(=O)NN=Cc2cccc(O)c2)c1Br. The number of aryl methyl sites for hydroxylation is 2. The molecular weight excluding hydrogens is 324 g/mol. The fraction of sp³-hybridized carbons (Fsp3) is 0.154. The maximum atomic E-state index is 12.0. The highest BCUT2D eigenvalue weighted by Gasteiger charge is 2.17. The van der Waals surface area contributed by atoms with Gasteiger partial charge in [-0.25, -0.2) is 5.43 Å². The molecule has 0 atom stereocenters. The maximum absolute atomic E-state index is 12.0. The first-order chi connectivity index (χ1) is 9.49. The molecule has 0 saturated heterocycles. The Balaban J connectivity index is 2.09. The molecule has 0 aliphatic carbocycles. The lowest BCUT2D eigenvalue weighted by Crippen LogP contribution is -2.21. The van der Waals surface area contributed by atoms with E-state index >= 15 is 0 Å². The number of phenols is 1. The molecule has 0 unspecified atom stereocenters. The van der Waals surface area contributed by atoms with Crippen molar-refractivity contribution in [1.82, 2.24) is 15.2 Å². The first-order valence-corrected chi connectivity index (χ1v) is 6.60. The highest BCUT2D eigenvalue weighted by Crippen LogP contribution is 2.19. The first kappa shape index (κ1) is 14.3. The Kier molecular flexibility index (Phi) is 4.19. The molecule has 0 saturated carbocycles. The van der Waals surface area contributed by atoms with Crippen molar-refractivity contribution in [3.63, 3.8) is 0 Å². The monoisotopic (exact) mass is 336 g/mol. The van der Waals surface area contributed by atoms with Crippen LogP contribution >= 0.6 is 15.9 Å². The standard InChI is InChI=1S/C13H13BrN4O2/c1-8-11(14)12(18(2)17-8)13(20)16-15-7-9-4-3-5-10(19)6-9/h3-7,19H,1-2H3,(H,16,20). The van der Waals surface area contributed by atoms with Gasteiger partial charge in [-0.15, -0.1) is 0 Å². The van der Waals surface area contributed by atoms with Gasteiger partial charge in [0.15, 0.2) is 0 Å². The van der Waals surface area contributed by atoms with E-state index in [1.54, 1.807) is 38.2 Å². The zero-order chi connectivity index (χ0) is 14.7. The Morgan fingerprint density at radius 1 is 1.55 bits per heavy atom. The zero-order valence-corrected chi connectivity index (χ0v) is 12.5. The zero-order valence-electron chi connectivity index (χ0n) is 11.0. The molecule has 2 rings (SSSR count). The fourth-order valence-corrected chi connectivity index (χ4v) is 2.22. The third kappa shape index (κ3) is 3.05. The van der Waals surface area contributed by atoms with Crippen molar-refractivity contribution in [1.29, 1.82) is 0 Å². The molecule has 20 heavy (non-hydrogen) atoms. The molecule has 0 spiro atoms. The minimum absolute atomic E-state index is 0.144. The van der Waals surface area contributed by atoms with E-state index in [2.05, 4.69) is 31.6 Å². The van der Waals surface area contributed by atoms with Crippen molar-refractivity contribution in [3.05, 3.63) is 45.7 Å². The van der Waals surface area contributed by atoms with E-state index in [1.165, 1.54) is 10.9 Å². The molecule has 2 N–H and O–H groups in total. The number of phenolic OH excluding ortho intramolecular Hbond substituents is 1. The number of hydrogen-bond acceptors (Lipinski definition) is 4. The molecule has 1 heterocycles. The first-order valence-electron chi connectivity index (χ1n) is 5.80. The summed E-state index contributed by atoms with van der Waals surface area (Å²) in [6, 6.07) is 6.56. The van der Waals surface area contributed by atoms with Gasteiger partial charge in [-0.2, -0.15) is 10.2 Å². The lowest BCUT2D eigenvalue weighted by molar-refractivity contribution is 0.0945. The molecule has 2 aromatic rings. The summed E-state index contributed by atoms with van der Waals surface area (Å²) in [6.07, 6.45) is 1.45. The van der Waals surface area contributed by atoms with Crippen LogP contribution in [0.3, 0.4) is 0 Å². The lowest BCUT2D eigenvalue weighted by atomic mass is 10.2. The third-order valence-corrected chi connectivity index (χ3v) is 3.56. The molecule has 0 radical (unpaired) electrons. The van der Waals surface area contributed by atoms with Gasteiger partial charge in [0.05, 0.1) is 16.4 Å². The van der Waals surface area contributed by atoms with E-state index in [0.717, 1.165) is 5.69 Å². The predicted octanol–water partition coefficient (Wildman–Crippen LogP) is 1.96. The number of benzene rings is 1. The Labute approximate surface area is 124 Å². The van der Waals surface area contributed by atoms with Gasteiger partial charge in [-0.1, -0.05) is 12.1 Å². The molecule has 0 bridgehead atoms. The average Bonchev–Trinajstić information content (AvgIpc) is 2.63. The smallest absolute Gasteiger partial charge is 0.290 e. The second-order valence-corrected chi connectivity index (χ2v) is 4.96. The summed E-state index contributed by atoms with van der Waals surface area (Å²) in [4.78, 5) is 12.0. The van der Waals surface area contributed by atoms with E-state index in [-0.39, 0.29) is 11.7 Å². The number of hydrazone groups is 1.